The lowest BCUT2D eigenvalue weighted by Gasteiger charge is -2.26. The molecule has 4 aromatic rings. The molecule has 1 aliphatic heterocycles. The van der Waals surface area contributed by atoms with E-state index in [1.807, 2.05) is 24.3 Å². The summed E-state index contributed by atoms with van der Waals surface area (Å²) in [6, 6.07) is 12.5. The molecular formula is C22H22N6O3. The molecule has 0 spiro atoms. The minimum Gasteiger partial charge on any atom is -0.379 e. The number of aromatic amines is 2. The second-order valence-corrected chi connectivity index (χ2v) is 7.50. The van der Waals surface area contributed by atoms with Gasteiger partial charge in [-0.1, -0.05) is 12.1 Å². The molecule has 1 aliphatic rings. The molecule has 0 bridgehead atoms. The van der Waals surface area contributed by atoms with E-state index in [0.717, 1.165) is 49.4 Å². The summed E-state index contributed by atoms with van der Waals surface area (Å²) in [5, 5.41) is 6.74. The Hall–Kier alpha value is -3.56. The Morgan fingerprint density at radius 1 is 1.03 bits per heavy atom. The van der Waals surface area contributed by atoms with Crippen LogP contribution in [0, 0.1) is 0 Å². The Kier molecular flexibility index (Phi) is 5.19. The number of hydrogen-bond acceptors (Lipinski definition) is 6. The largest absolute Gasteiger partial charge is 0.379 e. The fourth-order valence-electron chi connectivity index (χ4n) is 3.74. The van der Waals surface area contributed by atoms with Crippen molar-refractivity contribution in [1.82, 2.24) is 29.6 Å². The Morgan fingerprint density at radius 3 is 2.71 bits per heavy atom. The average Bonchev–Trinajstić information content (AvgIpc) is 3.24. The summed E-state index contributed by atoms with van der Waals surface area (Å²) in [7, 11) is 0. The summed E-state index contributed by atoms with van der Waals surface area (Å²) in [6.07, 6.45) is 1.78. The molecule has 0 amide bonds. The van der Waals surface area contributed by atoms with E-state index in [0.29, 0.717) is 23.6 Å². The van der Waals surface area contributed by atoms with Gasteiger partial charge in [0.2, 0.25) is 0 Å². The molecule has 1 fully saturated rings. The first kappa shape index (κ1) is 19.4. The molecule has 0 atom stereocenters. The van der Waals surface area contributed by atoms with Gasteiger partial charge < -0.3 is 14.3 Å². The maximum absolute atomic E-state index is 12.4. The highest BCUT2D eigenvalue weighted by Crippen LogP contribution is 2.21. The molecule has 4 heterocycles. The van der Waals surface area contributed by atoms with E-state index in [2.05, 4.69) is 25.1 Å². The Labute approximate surface area is 177 Å². The number of para-hydroxylation sites is 2. The summed E-state index contributed by atoms with van der Waals surface area (Å²) < 4.78 is 7.05. The zero-order valence-corrected chi connectivity index (χ0v) is 16.9. The van der Waals surface area contributed by atoms with Gasteiger partial charge in [-0.3, -0.25) is 14.5 Å². The van der Waals surface area contributed by atoms with Crippen LogP contribution in [0.15, 0.2) is 58.3 Å². The van der Waals surface area contributed by atoms with Gasteiger partial charge in [0, 0.05) is 44.0 Å². The molecule has 0 aliphatic carbocycles. The number of morpholine rings is 1. The van der Waals surface area contributed by atoms with Gasteiger partial charge in [-0.25, -0.2) is 10.1 Å². The molecule has 1 aromatic carbocycles. The van der Waals surface area contributed by atoms with E-state index in [1.54, 1.807) is 22.9 Å². The normalized spacial score (nSPS) is 14.8. The van der Waals surface area contributed by atoms with Gasteiger partial charge >= 0.3 is 0 Å². The summed E-state index contributed by atoms with van der Waals surface area (Å²) >= 11 is 0. The van der Waals surface area contributed by atoms with Gasteiger partial charge in [-0.2, -0.15) is 5.10 Å². The maximum Gasteiger partial charge on any atom is 0.275 e. The zero-order chi connectivity index (χ0) is 21.2. The van der Waals surface area contributed by atoms with Crippen molar-refractivity contribution in [3.05, 3.63) is 69.4 Å². The number of nitrogens with zero attached hydrogens (tertiary/aromatic N) is 4. The molecule has 0 unspecified atom stereocenters. The lowest BCUT2D eigenvalue weighted by molar-refractivity contribution is 0.0363. The third kappa shape index (κ3) is 4.05. The minimum atomic E-state index is -0.330. The predicted octanol–water partition coefficient (Wildman–Crippen LogP) is 1.47. The van der Waals surface area contributed by atoms with Crippen LogP contribution in [0.2, 0.25) is 0 Å². The van der Waals surface area contributed by atoms with Crippen molar-refractivity contribution in [2.45, 2.75) is 6.54 Å². The number of nitrogens with one attached hydrogen (secondary N) is 2. The molecule has 0 radical (unpaired) electrons. The number of imidazole rings is 1. The van der Waals surface area contributed by atoms with Crippen LogP contribution >= 0.6 is 0 Å². The van der Waals surface area contributed by atoms with Crippen molar-refractivity contribution in [2.75, 3.05) is 32.8 Å². The topological polar surface area (TPSA) is 109 Å². The predicted molar refractivity (Wildman–Crippen MR) is 117 cm³/mol. The van der Waals surface area contributed by atoms with Crippen molar-refractivity contribution < 1.29 is 4.74 Å². The molecule has 5 rings (SSSR count). The summed E-state index contributed by atoms with van der Waals surface area (Å²) in [5.41, 5.74) is 2.94. The molecule has 0 saturated carbocycles. The Bertz CT molecular complexity index is 1300. The maximum atomic E-state index is 12.4. The quantitative estimate of drug-likeness (QED) is 0.508. The van der Waals surface area contributed by atoms with Crippen LogP contribution in [0.4, 0.5) is 0 Å². The van der Waals surface area contributed by atoms with Crippen molar-refractivity contribution in [1.29, 1.82) is 0 Å². The van der Waals surface area contributed by atoms with Crippen LogP contribution in [-0.4, -0.2) is 62.5 Å². The Balaban J connectivity index is 1.45. The lowest BCUT2D eigenvalue weighted by atomic mass is 10.1. The van der Waals surface area contributed by atoms with Crippen molar-refractivity contribution in [2.24, 2.45) is 0 Å². The molecule has 9 nitrogen and oxygen atoms in total. The second kappa shape index (κ2) is 8.29. The average molecular weight is 418 g/mol. The smallest absolute Gasteiger partial charge is 0.275 e. The van der Waals surface area contributed by atoms with Gasteiger partial charge in [0.25, 0.3) is 11.1 Å². The van der Waals surface area contributed by atoms with Crippen LogP contribution in [0.3, 0.4) is 0 Å². The van der Waals surface area contributed by atoms with Crippen molar-refractivity contribution in [3.63, 3.8) is 0 Å². The third-order valence-electron chi connectivity index (χ3n) is 5.49. The standard InChI is InChI=1S/C22H22N6O3/c29-20-6-5-15(14-28(20)8-7-27-9-11-31-12-10-27)19-13-16(22(30)26-25-19)21-23-17-3-1-2-4-18(17)24-21/h1-6,13-14H,7-12H2,(H,23,24)(H,26,30). The van der Waals surface area contributed by atoms with Crippen LogP contribution < -0.4 is 11.1 Å². The molecule has 31 heavy (non-hydrogen) atoms. The van der Waals surface area contributed by atoms with Gasteiger partial charge in [0.05, 0.1) is 35.5 Å². The van der Waals surface area contributed by atoms with E-state index in [4.69, 9.17) is 4.74 Å². The van der Waals surface area contributed by atoms with Gasteiger partial charge in [0.15, 0.2) is 0 Å². The first-order valence-electron chi connectivity index (χ1n) is 10.2. The van der Waals surface area contributed by atoms with E-state index in [-0.39, 0.29) is 11.1 Å². The summed E-state index contributed by atoms with van der Waals surface area (Å²) in [4.78, 5) is 34.7. The number of H-pyrrole nitrogens is 2. The first-order chi connectivity index (χ1) is 15.2. The summed E-state index contributed by atoms with van der Waals surface area (Å²) in [6.45, 7) is 4.54. The highest BCUT2D eigenvalue weighted by molar-refractivity contribution is 5.79. The first-order valence-corrected chi connectivity index (χ1v) is 10.2. The summed E-state index contributed by atoms with van der Waals surface area (Å²) in [5.74, 6) is 0.478. The van der Waals surface area contributed by atoms with Crippen LogP contribution in [0.5, 0.6) is 0 Å². The number of rotatable bonds is 5. The van der Waals surface area contributed by atoms with Crippen LogP contribution in [0.25, 0.3) is 33.7 Å². The monoisotopic (exact) mass is 418 g/mol. The lowest BCUT2D eigenvalue weighted by Crippen LogP contribution is -2.39. The van der Waals surface area contributed by atoms with E-state index >= 15 is 0 Å². The second-order valence-electron chi connectivity index (χ2n) is 7.50. The minimum absolute atomic E-state index is 0.0704. The van der Waals surface area contributed by atoms with Crippen molar-refractivity contribution >= 4 is 11.0 Å². The fraction of sp³-hybridized carbons (Fsp3) is 0.273. The Morgan fingerprint density at radius 2 is 1.87 bits per heavy atom. The van der Waals surface area contributed by atoms with Gasteiger partial charge in [-0.05, 0) is 24.3 Å². The molecule has 3 aromatic heterocycles. The SMILES string of the molecule is O=c1[nH]nc(-c2ccc(=O)n(CCN3CCOCC3)c2)cc1-c1nc2ccccc2[nH]1. The van der Waals surface area contributed by atoms with Crippen LogP contribution in [0.1, 0.15) is 0 Å². The highest BCUT2D eigenvalue weighted by atomic mass is 16.5. The van der Waals surface area contributed by atoms with Gasteiger partial charge in [-0.15, -0.1) is 0 Å². The number of benzene rings is 1. The fourth-order valence-corrected chi connectivity index (χ4v) is 3.74. The molecule has 1 saturated heterocycles. The zero-order valence-electron chi connectivity index (χ0n) is 16.9. The molecular weight excluding hydrogens is 396 g/mol. The van der Waals surface area contributed by atoms with Crippen LogP contribution in [-0.2, 0) is 11.3 Å². The number of ether oxygens (including phenoxy) is 1. The highest BCUT2D eigenvalue weighted by Gasteiger charge is 2.14. The number of fused-ring (bicyclic) bond motifs is 1. The number of aromatic nitrogens is 5. The van der Waals surface area contributed by atoms with E-state index in [9.17, 15) is 9.59 Å². The number of hydrogen-bond donors (Lipinski definition) is 2. The molecule has 9 heteroatoms. The number of pyridine rings is 1. The molecule has 158 valence electrons. The third-order valence-corrected chi connectivity index (χ3v) is 5.49. The van der Waals surface area contributed by atoms with E-state index < -0.39 is 0 Å². The van der Waals surface area contributed by atoms with Crippen molar-refractivity contribution in [3.8, 4) is 22.6 Å². The van der Waals surface area contributed by atoms with Gasteiger partial charge in [0.1, 0.15) is 5.82 Å². The van der Waals surface area contributed by atoms with E-state index in [1.165, 1.54) is 6.07 Å². The molecule has 2 N–H and O–H groups in total.